The highest BCUT2D eigenvalue weighted by atomic mass is 32.2. The fraction of sp³-hybridized carbons (Fsp3) is 0.118. The van der Waals surface area contributed by atoms with Crippen LogP contribution in [-0.2, 0) is 11.3 Å². The Morgan fingerprint density at radius 1 is 1.12 bits per heavy atom. The third kappa shape index (κ3) is 3.47. The van der Waals surface area contributed by atoms with Crippen molar-refractivity contribution in [3.8, 4) is 17.2 Å². The van der Waals surface area contributed by atoms with Crippen molar-refractivity contribution in [2.24, 2.45) is 0 Å². The predicted octanol–water partition coefficient (Wildman–Crippen LogP) is 3.89. The number of aromatic nitrogens is 1. The molecule has 0 aliphatic rings. The van der Waals surface area contributed by atoms with E-state index in [0.29, 0.717) is 17.2 Å². The van der Waals surface area contributed by atoms with E-state index in [-0.39, 0.29) is 0 Å². The van der Waals surface area contributed by atoms with Crippen molar-refractivity contribution in [1.82, 2.24) is 4.98 Å². The SMILES string of the molecule is COc1ccc2c(Oc3ccc(NS(=O)O)cc3C)ccnc2c1. The minimum absolute atomic E-state index is 0.546. The second kappa shape index (κ2) is 6.86. The number of methoxy groups -OCH3 is 1. The van der Waals surface area contributed by atoms with E-state index in [1.807, 2.05) is 25.1 Å². The number of hydrogen-bond acceptors (Lipinski definition) is 4. The van der Waals surface area contributed by atoms with Crippen molar-refractivity contribution >= 4 is 27.9 Å². The van der Waals surface area contributed by atoms with Gasteiger partial charge in [0.15, 0.2) is 0 Å². The first-order chi connectivity index (χ1) is 11.6. The van der Waals surface area contributed by atoms with Crippen molar-refractivity contribution in [3.63, 3.8) is 0 Å². The molecule has 0 saturated carbocycles. The van der Waals surface area contributed by atoms with E-state index < -0.39 is 11.3 Å². The predicted molar refractivity (Wildman–Crippen MR) is 93.9 cm³/mol. The maximum Gasteiger partial charge on any atom is 0.259 e. The molecule has 0 spiro atoms. The fourth-order valence-corrected chi connectivity index (χ4v) is 2.69. The molecule has 124 valence electrons. The summed E-state index contributed by atoms with van der Waals surface area (Å²) >= 11 is -2.10. The highest BCUT2D eigenvalue weighted by molar-refractivity contribution is 7.80. The molecule has 2 aromatic carbocycles. The van der Waals surface area contributed by atoms with Crippen LogP contribution in [0.25, 0.3) is 10.9 Å². The number of aryl methyl sites for hydroxylation is 1. The summed E-state index contributed by atoms with van der Waals surface area (Å²) in [6.07, 6.45) is 1.68. The number of anilines is 1. The largest absolute Gasteiger partial charge is 0.497 e. The van der Waals surface area contributed by atoms with E-state index in [1.54, 1.807) is 37.6 Å². The molecular formula is C17H16N2O4S. The summed E-state index contributed by atoms with van der Waals surface area (Å²) in [5, 5.41) is 0.872. The van der Waals surface area contributed by atoms with Crippen LogP contribution in [0.1, 0.15) is 5.56 Å². The fourth-order valence-electron chi connectivity index (χ4n) is 2.36. The molecule has 3 aromatic rings. The Labute approximate surface area is 141 Å². The summed E-state index contributed by atoms with van der Waals surface area (Å²) in [6.45, 7) is 1.87. The third-order valence-corrected chi connectivity index (χ3v) is 3.92. The summed E-state index contributed by atoms with van der Waals surface area (Å²) in [5.41, 5.74) is 2.16. The number of rotatable bonds is 5. The van der Waals surface area contributed by atoms with Gasteiger partial charge in [-0.25, -0.2) is 4.21 Å². The van der Waals surface area contributed by atoms with Gasteiger partial charge in [-0.15, -0.1) is 0 Å². The van der Waals surface area contributed by atoms with Crippen molar-refractivity contribution in [1.29, 1.82) is 0 Å². The van der Waals surface area contributed by atoms with Crippen LogP contribution < -0.4 is 14.2 Å². The number of pyridine rings is 1. The molecule has 7 heteroatoms. The summed E-state index contributed by atoms with van der Waals surface area (Å²) < 4.78 is 33.3. The highest BCUT2D eigenvalue weighted by Gasteiger charge is 2.08. The molecule has 1 atom stereocenters. The monoisotopic (exact) mass is 344 g/mol. The molecule has 0 bridgehead atoms. The summed E-state index contributed by atoms with van der Waals surface area (Å²) in [6, 6.07) is 12.6. The minimum Gasteiger partial charge on any atom is -0.497 e. The number of nitrogens with one attached hydrogen (secondary N) is 1. The minimum atomic E-state index is -2.10. The Morgan fingerprint density at radius 3 is 2.67 bits per heavy atom. The Balaban J connectivity index is 1.93. The molecule has 0 saturated heterocycles. The maximum absolute atomic E-state index is 10.8. The standard InChI is InChI=1S/C17H16N2O4S/c1-11-9-12(19-24(20)21)3-6-16(11)23-17-7-8-18-15-10-13(22-2)4-5-14(15)17/h3-10,19H,1-2H3,(H,20,21). The third-order valence-electron chi connectivity index (χ3n) is 3.51. The Kier molecular flexibility index (Phi) is 4.64. The van der Waals surface area contributed by atoms with Gasteiger partial charge in [0.1, 0.15) is 17.2 Å². The van der Waals surface area contributed by atoms with E-state index in [1.165, 1.54) is 0 Å². The Bertz CT molecular complexity index is 914. The summed E-state index contributed by atoms with van der Waals surface area (Å²) in [4.78, 5) is 4.33. The average molecular weight is 344 g/mol. The van der Waals surface area contributed by atoms with Gasteiger partial charge in [0, 0.05) is 23.3 Å². The van der Waals surface area contributed by atoms with Crippen LogP contribution in [0.2, 0.25) is 0 Å². The molecule has 1 unspecified atom stereocenters. The summed E-state index contributed by atoms with van der Waals surface area (Å²) in [5.74, 6) is 2.07. The van der Waals surface area contributed by atoms with E-state index >= 15 is 0 Å². The van der Waals surface area contributed by atoms with Crippen LogP contribution in [0.5, 0.6) is 17.2 Å². The molecule has 0 aliphatic heterocycles. The zero-order valence-corrected chi connectivity index (χ0v) is 14.0. The van der Waals surface area contributed by atoms with Crippen molar-refractivity contribution in [3.05, 3.63) is 54.2 Å². The lowest BCUT2D eigenvalue weighted by Crippen LogP contribution is -2.02. The van der Waals surface area contributed by atoms with E-state index in [2.05, 4.69) is 9.71 Å². The van der Waals surface area contributed by atoms with E-state index in [9.17, 15) is 4.21 Å². The quantitative estimate of drug-likeness (QED) is 0.686. The molecule has 6 nitrogen and oxygen atoms in total. The van der Waals surface area contributed by atoms with Crippen LogP contribution in [0, 0.1) is 6.92 Å². The molecule has 1 aromatic heterocycles. The first kappa shape index (κ1) is 16.2. The van der Waals surface area contributed by atoms with Crippen molar-refractivity contribution in [2.45, 2.75) is 6.92 Å². The van der Waals surface area contributed by atoms with Gasteiger partial charge in [-0.3, -0.25) is 14.3 Å². The van der Waals surface area contributed by atoms with Crippen molar-refractivity contribution in [2.75, 3.05) is 11.8 Å². The van der Waals surface area contributed by atoms with Gasteiger partial charge in [-0.1, -0.05) is 0 Å². The zero-order valence-electron chi connectivity index (χ0n) is 13.1. The van der Waals surface area contributed by atoms with Gasteiger partial charge < -0.3 is 9.47 Å². The normalized spacial score (nSPS) is 12.0. The molecule has 24 heavy (non-hydrogen) atoms. The Morgan fingerprint density at radius 2 is 1.96 bits per heavy atom. The summed E-state index contributed by atoms with van der Waals surface area (Å²) in [7, 11) is 1.61. The van der Waals surface area contributed by atoms with Gasteiger partial charge in [0.05, 0.1) is 12.6 Å². The van der Waals surface area contributed by atoms with Gasteiger partial charge >= 0.3 is 0 Å². The number of nitrogens with zero attached hydrogens (tertiary/aromatic N) is 1. The lowest BCUT2D eigenvalue weighted by atomic mass is 10.2. The van der Waals surface area contributed by atoms with Crippen LogP contribution in [0.15, 0.2) is 48.7 Å². The smallest absolute Gasteiger partial charge is 0.259 e. The van der Waals surface area contributed by atoms with Crippen LogP contribution >= 0.6 is 0 Å². The van der Waals surface area contributed by atoms with E-state index in [0.717, 1.165) is 22.2 Å². The molecule has 1 heterocycles. The first-order valence-electron chi connectivity index (χ1n) is 7.15. The molecule has 0 fully saturated rings. The zero-order chi connectivity index (χ0) is 17.1. The molecule has 0 radical (unpaired) electrons. The van der Waals surface area contributed by atoms with Gasteiger partial charge in [-0.2, -0.15) is 0 Å². The molecule has 0 aliphatic carbocycles. The number of benzene rings is 2. The number of ether oxygens (including phenoxy) is 2. The van der Waals surface area contributed by atoms with Crippen LogP contribution in [-0.4, -0.2) is 20.9 Å². The van der Waals surface area contributed by atoms with Gasteiger partial charge in [-0.05, 0) is 48.9 Å². The van der Waals surface area contributed by atoms with Gasteiger partial charge in [0.2, 0.25) is 0 Å². The molecule has 3 rings (SSSR count). The first-order valence-corrected chi connectivity index (χ1v) is 8.26. The maximum atomic E-state index is 10.8. The average Bonchev–Trinajstić information content (AvgIpc) is 2.56. The topological polar surface area (TPSA) is 80.7 Å². The van der Waals surface area contributed by atoms with Crippen LogP contribution in [0.4, 0.5) is 5.69 Å². The Hall–Kier alpha value is -2.64. The highest BCUT2D eigenvalue weighted by Crippen LogP contribution is 2.33. The van der Waals surface area contributed by atoms with E-state index in [4.69, 9.17) is 14.0 Å². The second-order valence-corrected chi connectivity index (χ2v) is 5.83. The lowest BCUT2D eigenvalue weighted by Gasteiger charge is -2.12. The van der Waals surface area contributed by atoms with Gasteiger partial charge in [0.25, 0.3) is 11.3 Å². The van der Waals surface area contributed by atoms with Crippen molar-refractivity contribution < 1.29 is 18.2 Å². The molecule has 2 N–H and O–H groups in total. The number of hydrogen-bond donors (Lipinski definition) is 2. The lowest BCUT2D eigenvalue weighted by molar-refractivity contribution is 0.415. The second-order valence-electron chi connectivity index (χ2n) is 5.13. The molecule has 0 amide bonds. The van der Waals surface area contributed by atoms with Crippen LogP contribution in [0.3, 0.4) is 0 Å². The number of fused-ring (bicyclic) bond motifs is 1. The molecular weight excluding hydrogens is 328 g/mol.